The van der Waals surface area contributed by atoms with Crippen LogP contribution in [0.25, 0.3) is 0 Å². The largest absolute Gasteiger partial charge is 0.374 e. The highest BCUT2D eigenvalue weighted by Crippen LogP contribution is 2.36. The molecule has 2 heterocycles. The van der Waals surface area contributed by atoms with Gasteiger partial charge in [0.05, 0.1) is 45.7 Å². The van der Waals surface area contributed by atoms with E-state index in [4.69, 9.17) is 53.7 Å². The molecule has 60 heavy (non-hydrogen) atoms. The van der Waals surface area contributed by atoms with Gasteiger partial charge in [0.1, 0.15) is 41.8 Å². The molecule has 0 saturated carbocycles. The molecule has 4 aromatic carbocycles. The lowest BCUT2D eigenvalue weighted by atomic mass is 9.97. The van der Waals surface area contributed by atoms with Crippen molar-refractivity contribution >= 4 is 21.7 Å². The second kappa shape index (κ2) is 23.3. The Bertz CT molecular complexity index is 1910. The Morgan fingerprint density at radius 3 is 1.65 bits per heavy atom. The first kappa shape index (κ1) is 46.3. The zero-order valence-electron chi connectivity index (χ0n) is 34.7. The summed E-state index contributed by atoms with van der Waals surface area (Å²) >= 11 is 5.90. The first-order valence-corrected chi connectivity index (χ1v) is 22.9. The lowest BCUT2D eigenvalue weighted by Gasteiger charge is -2.46. The van der Waals surface area contributed by atoms with Crippen LogP contribution in [0.2, 0.25) is 0 Å². The molecule has 2 saturated heterocycles. The number of halogens is 1. The Morgan fingerprint density at radius 2 is 1.13 bits per heavy atom. The molecule has 11 nitrogen and oxygen atoms in total. The number of benzene rings is 4. The fraction of sp³-hybridized carbons (Fsp3) is 0.489. The molecule has 2 aliphatic rings. The smallest absolute Gasteiger partial charge is 0.281 e. The van der Waals surface area contributed by atoms with Gasteiger partial charge in [0.25, 0.3) is 10.1 Å². The van der Waals surface area contributed by atoms with Crippen molar-refractivity contribution in [2.24, 2.45) is 0 Å². The first-order chi connectivity index (χ1) is 29.1. The number of unbranched alkanes of at least 4 members (excludes halogenated alkanes) is 2. The average molecular weight is 867 g/mol. The van der Waals surface area contributed by atoms with Crippen LogP contribution in [0.1, 0.15) is 68.7 Å². The summed E-state index contributed by atoms with van der Waals surface area (Å²) in [5.74, 6) is -0.989. The van der Waals surface area contributed by atoms with Crippen molar-refractivity contribution in [3.8, 4) is 0 Å². The van der Waals surface area contributed by atoms with Crippen LogP contribution in [0, 0.1) is 0 Å². The molecule has 13 heteroatoms. The van der Waals surface area contributed by atoms with Crippen LogP contribution in [0.15, 0.2) is 121 Å². The van der Waals surface area contributed by atoms with Gasteiger partial charge in [-0.05, 0) is 42.5 Å². The molecular weight excluding hydrogens is 808 g/mol. The van der Waals surface area contributed by atoms with Crippen LogP contribution >= 0.6 is 11.6 Å². The number of alkyl halides is 1. The second-order valence-electron chi connectivity index (χ2n) is 15.6. The van der Waals surface area contributed by atoms with E-state index in [2.05, 4.69) is 6.92 Å². The summed E-state index contributed by atoms with van der Waals surface area (Å²) in [6, 6.07) is 39.4. The third-order valence-electron chi connectivity index (χ3n) is 10.3. The summed E-state index contributed by atoms with van der Waals surface area (Å²) in [6.07, 6.45) is -3.01. The minimum absolute atomic E-state index is 0.124. The Hall–Kier alpha value is -3.24. The highest BCUT2D eigenvalue weighted by atomic mass is 35.5. The monoisotopic (exact) mass is 866 g/mol. The molecule has 2 aliphatic heterocycles. The van der Waals surface area contributed by atoms with E-state index in [1.807, 2.05) is 121 Å². The van der Waals surface area contributed by atoms with Gasteiger partial charge >= 0.3 is 0 Å². The zero-order chi connectivity index (χ0) is 42.2. The summed E-state index contributed by atoms with van der Waals surface area (Å²) in [5.41, 5.74) is 3.85. The minimum Gasteiger partial charge on any atom is -0.374 e. The molecule has 0 N–H and O–H groups in total. The number of ether oxygens (including phenoxy) is 8. The van der Waals surface area contributed by atoms with Crippen LogP contribution in [0.5, 0.6) is 0 Å². The molecule has 0 radical (unpaired) electrons. The molecule has 8 atom stereocenters. The van der Waals surface area contributed by atoms with E-state index in [0.717, 1.165) is 41.5 Å². The van der Waals surface area contributed by atoms with Gasteiger partial charge in [0.15, 0.2) is 12.1 Å². The quantitative estimate of drug-likeness (QED) is 0.0383. The SMILES string of the molecule is CCCCC[C@H]1OC(C)(C)O[C@H]1[C@@H](CO[C@H]1O[C@H](COCc2ccccc2)[C@H](OCc2ccccc2)[C@H](OCc2ccccc2)[C@H]1OCc1ccccc1)OS(=O)(=O)CCl. The lowest BCUT2D eigenvalue weighted by molar-refractivity contribution is -0.331. The van der Waals surface area contributed by atoms with E-state index in [9.17, 15) is 8.42 Å². The number of rotatable bonds is 24. The normalized spacial score (nSPS) is 24.6. The lowest BCUT2D eigenvalue weighted by Crippen LogP contribution is -2.62. The van der Waals surface area contributed by atoms with Gasteiger partial charge in [-0.25, -0.2) is 0 Å². The summed E-state index contributed by atoms with van der Waals surface area (Å²) in [5, 5.41) is -0.750. The molecule has 0 aliphatic carbocycles. The van der Waals surface area contributed by atoms with Crippen molar-refractivity contribution in [3.63, 3.8) is 0 Å². The number of hydrogen-bond acceptors (Lipinski definition) is 11. The summed E-state index contributed by atoms with van der Waals surface area (Å²) in [4.78, 5) is 0. The van der Waals surface area contributed by atoms with E-state index >= 15 is 0 Å². The second-order valence-corrected chi connectivity index (χ2v) is 17.8. The summed E-state index contributed by atoms with van der Waals surface area (Å²) < 4.78 is 84.7. The molecule has 0 aromatic heterocycles. The fourth-order valence-corrected chi connectivity index (χ4v) is 8.21. The van der Waals surface area contributed by atoms with Crippen molar-refractivity contribution in [1.29, 1.82) is 0 Å². The maximum Gasteiger partial charge on any atom is 0.281 e. The number of hydrogen-bond donors (Lipinski definition) is 0. The van der Waals surface area contributed by atoms with Gasteiger partial charge in [0.2, 0.25) is 0 Å². The Labute approximate surface area is 360 Å². The molecule has 0 spiro atoms. The molecule has 2 fully saturated rings. The van der Waals surface area contributed by atoms with Crippen LogP contribution in [-0.2, 0) is 78.6 Å². The Balaban J connectivity index is 1.34. The van der Waals surface area contributed by atoms with E-state index in [0.29, 0.717) is 13.0 Å². The fourth-order valence-electron chi connectivity index (χ4n) is 7.46. The highest BCUT2D eigenvalue weighted by molar-refractivity contribution is 7.87. The van der Waals surface area contributed by atoms with Gasteiger partial charge in [-0.3, -0.25) is 4.18 Å². The predicted molar refractivity (Wildman–Crippen MR) is 228 cm³/mol. The summed E-state index contributed by atoms with van der Waals surface area (Å²) in [6.45, 7) is 6.63. The van der Waals surface area contributed by atoms with Crippen LogP contribution in [0.3, 0.4) is 0 Å². The van der Waals surface area contributed by atoms with Gasteiger partial charge < -0.3 is 37.9 Å². The van der Waals surface area contributed by atoms with E-state index < -0.39 is 70.1 Å². The molecule has 0 amide bonds. The van der Waals surface area contributed by atoms with Gasteiger partial charge in [-0.1, -0.05) is 148 Å². The topological polar surface area (TPSA) is 117 Å². The van der Waals surface area contributed by atoms with E-state index in [-0.39, 0.29) is 33.0 Å². The van der Waals surface area contributed by atoms with Crippen molar-refractivity contribution in [3.05, 3.63) is 144 Å². The third-order valence-corrected chi connectivity index (χ3v) is 12.0. The van der Waals surface area contributed by atoms with Gasteiger partial charge in [0, 0.05) is 0 Å². The van der Waals surface area contributed by atoms with Crippen molar-refractivity contribution in [2.75, 3.05) is 18.4 Å². The molecule has 6 rings (SSSR count). The van der Waals surface area contributed by atoms with E-state index in [1.54, 1.807) is 13.8 Å². The molecule has 0 unspecified atom stereocenters. The maximum absolute atomic E-state index is 13.0. The van der Waals surface area contributed by atoms with Crippen molar-refractivity contribution in [1.82, 2.24) is 0 Å². The molecule has 4 aromatic rings. The minimum atomic E-state index is -4.18. The molecule has 0 bridgehead atoms. The first-order valence-electron chi connectivity index (χ1n) is 20.8. The molecule has 326 valence electrons. The maximum atomic E-state index is 13.0. The Morgan fingerprint density at radius 1 is 0.633 bits per heavy atom. The molecular formula is C47H59ClO11S. The van der Waals surface area contributed by atoms with Crippen LogP contribution in [-0.4, -0.2) is 81.6 Å². The third kappa shape index (κ3) is 14.1. The predicted octanol–water partition coefficient (Wildman–Crippen LogP) is 8.71. The Kier molecular flexibility index (Phi) is 17.9. The van der Waals surface area contributed by atoms with Crippen LogP contribution < -0.4 is 0 Å². The van der Waals surface area contributed by atoms with Crippen LogP contribution in [0.4, 0.5) is 0 Å². The standard InChI is InChI=1S/C47H59ClO11S/c1-4-5-10-27-39-42(58-47(2,3)57-39)41(59-60(49,50)34-48)33-55-46-45(54-31-38-25-17-9-18-26-38)44(53-30-37-23-15-8-16-24-37)43(52-29-36-21-13-7-14-22-36)40(56-46)32-51-28-35-19-11-6-12-20-35/h6-9,11-26,39-46H,4-5,10,27-34H2,1-3H3/t39-,40-,41-,42-,43+,44+,45-,46+/m1/s1. The highest BCUT2D eigenvalue weighted by Gasteiger charge is 2.51. The average Bonchev–Trinajstić information content (AvgIpc) is 3.58. The van der Waals surface area contributed by atoms with Gasteiger partial charge in [-0.15, -0.1) is 11.6 Å². The summed E-state index contributed by atoms with van der Waals surface area (Å²) in [7, 11) is -4.18. The zero-order valence-corrected chi connectivity index (χ0v) is 36.3. The van der Waals surface area contributed by atoms with Crippen molar-refractivity contribution in [2.45, 2.75) is 128 Å². The van der Waals surface area contributed by atoms with Crippen molar-refractivity contribution < 1.29 is 50.5 Å². The van der Waals surface area contributed by atoms with E-state index in [1.165, 1.54) is 0 Å². The van der Waals surface area contributed by atoms with Gasteiger partial charge in [-0.2, -0.15) is 8.42 Å².